The Bertz CT molecular complexity index is 1110. The second-order valence-electron chi connectivity index (χ2n) is 7.52. The molecule has 1 saturated heterocycles. The zero-order valence-corrected chi connectivity index (χ0v) is 18.7. The monoisotopic (exact) mass is 484 g/mol. The van der Waals surface area contributed by atoms with E-state index in [4.69, 9.17) is 16.0 Å². The lowest BCUT2D eigenvalue weighted by Gasteiger charge is -2.32. The summed E-state index contributed by atoms with van der Waals surface area (Å²) in [6.07, 6.45) is -2.61. The number of carbonyl (C=O) groups is 1. The Kier molecular flexibility index (Phi) is 6.43. The van der Waals surface area contributed by atoms with Crippen molar-refractivity contribution in [3.05, 3.63) is 51.1 Å². The fraction of sp³-hybridized carbons (Fsp3) is 0.381. The molecule has 1 aliphatic rings. The maximum Gasteiger partial charge on any atom is 0.417 e. The number of amides is 1. The number of thiazole rings is 1. The van der Waals surface area contributed by atoms with Crippen molar-refractivity contribution in [1.82, 2.24) is 15.3 Å². The van der Waals surface area contributed by atoms with Gasteiger partial charge < -0.3 is 14.6 Å². The number of piperidine rings is 1. The van der Waals surface area contributed by atoms with Crippen molar-refractivity contribution in [2.75, 3.05) is 18.0 Å². The third-order valence-electron chi connectivity index (χ3n) is 5.28. The van der Waals surface area contributed by atoms with Gasteiger partial charge in [0, 0.05) is 30.6 Å². The van der Waals surface area contributed by atoms with Gasteiger partial charge in [-0.1, -0.05) is 11.6 Å². The van der Waals surface area contributed by atoms with Crippen molar-refractivity contribution in [2.45, 2.75) is 32.5 Å². The minimum atomic E-state index is -4.49. The Morgan fingerprint density at radius 1 is 1.34 bits per heavy atom. The fourth-order valence-electron chi connectivity index (χ4n) is 3.58. The zero-order chi connectivity index (χ0) is 22.9. The van der Waals surface area contributed by atoms with Crippen molar-refractivity contribution in [2.24, 2.45) is 5.92 Å². The quantitative estimate of drug-likeness (QED) is 0.531. The molecule has 4 rings (SSSR count). The molecule has 0 aliphatic carbocycles. The SMILES string of the molecule is Cc1nc(-c2ccc(CNC(=O)C3CCN(c4ncc(C(F)(F)F)cc4Cl)CC3)o2)cs1. The van der Waals surface area contributed by atoms with E-state index in [9.17, 15) is 18.0 Å². The summed E-state index contributed by atoms with van der Waals surface area (Å²) in [6.45, 7) is 3.15. The van der Waals surface area contributed by atoms with E-state index in [0.717, 1.165) is 23.0 Å². The highest BCUT2D eigenvalue weighted by Crippen LogP contribution is 2.34. The Balaban J connectivity index is 1.29. The summed E-state index contributed by atoms with van der Waals surface area (Å²) in [5, 5.41) is 5.71. The molecular weight excluding hydrogens is 465 g/mol. The number of furan rings is 1. The lowest BCUT2D eigenvalue weighted by molar-refractivity contribution is -0.137. The van der Waals surface area contributed by atoms with Gasteiger partial charge in [-0.25, -0.2) is 9.97 Å². The van der Waals surface area contributed by atoms with Crippen molar-refractivity contribution in [3.63, 3.8) is 0 Å². The number of carbonyl (C=O) groups excluding carboxylic acids is 1. The molecule has 1 N–H and O–H groups in total. The van der Waals surface area contributed by atoms with E-state index in [1.807, 2.05) is 24.4 Å². The predicted octanol–water partition coefficient (Wildman–Crippen LogP) is 5.31. The number of aromatic nitrogens is 2. The van der Waals surface area contributed by atoms with Crippen molar-refractivity contribution < 1.29 is 22.4 Å². The average Bonchev–Trinajstić information content (AvgIpc) is 3.40. The van der Waals surface area contributed by atoms with Gasteiger partial charge in [0.15, 0.2) is 5.76 Å². The van der Waals surface area contributed by atoms with Crippen LogP contribution < -0.4 is 10.2 Å². The summed E-state index contributed by atoms with van der Waals surface area (Å²) in [7, 11) is 0. The number of hydrogen-bond donors (Lipinski definition) is 1. The molecule has 0 spiro atoms. The number of nitrogens with zero attached hydrogens (tertiary/aromatic N) is 3. The molecule has 0 bridgehead atoms. The van der Waals surface area contributed by atoms with Crippen LogP contribution in [0.15, 0.2) is 34.2 Å². The Labute approximate surface area is 191 Å². The molecule has 3 aromatic heterocycles. The van der Waals surface area contributed by atoms with Crippen LogP contribution in [0.1, 0.15) is 29.2 Å². The van der Waals surface area contributed by atoms with Crippen LogP contribution in [0.25, 0.3) is 11.5 Å². The van der Waals surface area contributed by atoms with E-state index >= 15 is 0 Å². The van der Waals surface area contributed by atoms with Gasteiger partial charge in [-0.15, -0.1) is 11.3 Å². The van der Waals surface area contributed by atoms with Gasteiger partial charge in [0.2, 0.25) is 5.91 Å². The molecule has 3 aromatic rings. The van der Waals surface area contributed by atoms with Gasteiger partial charge in [-0.3, -0.25) is 4.79 Å². The first-order valence-electron chi connectivity index (χ1n) is 9.97. The molecule has 1 amide bonds. The number of nitrogens with one attached hydrogen (secondary N) is 1. The van der Waals surface area contributed by atoms with E-state index in [0.29, 0.717) is 43.3 Å². The van der Waals surface area contributed by atoms with E-state index in [2.05, 4.69) is 15.3 Å². The number of halogens is 4. The number of hydrogen-bond acceptors (Lipinski definition) is 6. The zero-order valence-electron chi connectivity index (χ0n) is 17.1. The predicted molar refractivity (Wildman–Crippen MR) is 116 cm³/mol. The number of rotatable bonds is 5. The molecule has 0 aromatic carbocycles. The number of pyridine rings is 1. The summed E-state index contributed by atoms with van der Waals surface area (Å²) in [6, 6.07) is 4.52. The molecule has 4 heterocycles. The van der Waals surface area contributed by atoms with Gasteiger partial charge in [-0.05, 0) is 38.0 Å². The maximum absolute atomic E-state index is 12.8. The first kappa shape index (κ1) is 22.6. The molecule has 0 unspecified atom stereocenters. The summed E-state index contributed by atoms with van der Waals surface area (Å²) in [4.78, 5) is 22.7. The first-order chi connectivity index (χ1) is 15.2. The number of alkyl halides is 3. The smallest absolute Gasteiger partial charge is 0.417 e. The Morgan fingerprint density at radius 2 is 2.09 bits per heavy atom. The van der Waals surface area contributed by atoms with Gasteiger partial charge in [0.05, 0.1) is 22.1 Å². The van der Waals surface area contributed by atoms with Gasteiger partial charge in [0.25, 0.3) is 0 Å². The van der Waals surface area contributed by atoms with Crippen LogP contribution in [0.3, 0.4) is 0 Å². The molecule has 0 saturated carbocycles. The maximum atomic E-state index is 12.8. The molecule has 11 heteroatoms. The minimum Gasteiger partial charge on any atom is -0.458 e. The lowest BCUT2D eigenvalue weighted by atomic mass is 9.96. The van der Waals surface area contributed by atoms with E-state index in [1.165, 1.54) is 11.3 Å². The fourth-order valence-corrected chi connectivity index (χ4v) is 4.47. The highest BCUT2D eigenvalue weighted by atomic mass is 35.5. The van der Waals surface area contributed by atoms with Crippen LogP contribution in [-0.4, -0.2) is 29.0 Å². The third kappa shape index (κ3) is 5.07. The van der Waals surface area contributed by atoms with E-state index < -0.39 is 11.7 Å². The van der Waals surface area contributed by atoms with Crippen LogP contribution >= 0.6 is 22.9 Å². The topological polar surface area (TPSA) is 71.3 Å². The van der Waals surface area contributed by atoms with Crippen LogP contribution in [0, 0.1) is 12.8 Å². The summed E-state index contributed by atoms with van der Waals surface area (Å²) in [5.74, 6) is 1.32. The molecule has 1 fully saturated rings. The van der Waals surface area contributed by atoms with Crippen LogP contribution in [0.4, 0.5) is 19.0 Å². The number of aryl methyl sites for hydroxylation is 1. The molecule has 6 nitrogen and oxygen atoms in total. The summed E-state index contributed by atoms with van der Waals surface area (Å²) < 4.78 is 44.2. The highest BCUT2D eigenvalue weighted by Gasteiger charge is 2.33. The standard InChI is InChI=1S/C21H20ClF3N4O2S/c1-12-28-17(11-32-12)18-3-2-15(31-18)10-27-20(30)13-4-6-29(7-5-13)19-16(22)8-14(9-26-19)21(23,24)25/h2-3,8-9,11,13H,4-7,10H2,1H3,(H,27,30). The molecule has 170 valence electrons. The van der Waals surface area contributed by atoms with Crippen LogP contribution in [0.2, 0.25) is 5.02 Å². The second-order valence-corrected chi connectivity index (χ2v) is 8.99. The van der Waals surface area contributed by atoms with Crippen molar-refractivity contribution in [3.8, 4) is 11.5 Å². The molecular formula is C21H20ClF3N4O2S. The Hall–Kier alpha value is -2.59. The van der Waals surface area contributed by atoms with Gasteiger partial charge in [0.1, 0.15) is 17.3 Å². The molecule has 1 aliphatic heterocycles. The second kappa shape index (κ2) is 9.11. The summed E-state index contributed by atoms with van der Waals surface area (Å²) >= 11 is 7.57. The third-order valence-corrected chi connectivity index (χ3v) is 6.34. The van der Waals surface area contributed by atoms with Gasteiger partial charge >= 0.3 is 6.18 Å². The normalized spacial score (nSPS) is 15.2. The molecule has 32 heavy (non-hydrogen) atoms. The first-order valence-corrected chi connectivity index (χ1v) is 11.2. The summed E-state index contributed by atoms with van der Waals surface area (Å²) in [5.41, 5.74) is -0.112. The average molecular weight is 485 g/mol. The van der Waals surface area contributed by atoms with Crippen LogP contribution in [-0.2, 0) is 17.5 Å². The lowest BCUT2D eigenvalue weighted by Crippen LogP contribution is -2.40. The van der Waals surface area contributed by atoms with Crippen molar-refractivity contribution in [1.29, 1.82) is 0 Å². The largest absolute Gasteiger partial charge is 0.458 e. The highest BCUT2D eigenvalue weighted by molar-refractivity contribution is 7.09. The van der Waals surface area contributed by atoms with E-state index in [-0.39, 0.29) is 23.4 Å². The van der Waals surface area contributed by atoms with Crippen molar-refractivity contribution >= 4 is 34.7 Å². The Morgan fingerprint density at radius 3 is 2.72 bits per heavy atom. The van der Waals surface area contributed by atoms with E-state index in [1.54, 1.807) is 4.90 Å². The minimum absolute atomic E-state index is 0.0494. The van der Waals surface area contributed by atoms with Gasteiger partial charge in [-0.2, -0.15) is 13.2 Å². The number of anilines is 1. The molecule has 0 atom stereocenters. The van der Waals surface area contributed by atoms with Crippen LogP contribution in [0.5, 0.6) is 0 Å². The molecule has 0 radical (unpaired) electrons.